The van der Waals surface area contributed by atoms with E-state index in [0.717, 1.165) is 25.4 Å². The maximum atomic E-state index is 12.4. The molecule has 1 aromatic carbocycles. The van der Waals surface area contributed by atoms with E-state index in [2.05, 4.69) is 15.2 Å². The molecule has 0 radical (unpaired) electrons. The number of nitrogens with one attached hydrogen (secondary N) is 1. The Labute approximate surface area is 169 Å². The van der Waals surface area contributed by atoms with Crippen LogP contribution in [-0.4, -0.2) is 36.0 Å². The van der Waals surface area contributed by atoms with Crippen molar-refractivity contribution in [2.75, 3.05) is 25.5 Å². The maximum Gasteiger partial charge on any atom is 0.291 e. The van der Waals surface area contributed by atoms with Gasteiger partial charge in [0.25, 0.3) is 5.91 Å². The zero-order chi connectivity index (χ0) is 20.1. The number of ether oxygens (including phenoxy) is 2. The van der Waals surface area contributed by atoms with E-state index in [4.69, 9.17) is 13.9 Å². The fourth-order valence-electron chi connectivity index (χ4n) is 3.24. The number of hydrogen-bond donors (Lipinski definition) is 1. The number of likely N-dealkylation sites (tertiary alicyclic amines) is 1. The molecule has 3 heterocycles. The van der Waals surface area contributed by atoms with Crippen molar-refractivity contribution in [3.63, 3.8) is 0 Å². The first-order chi connectivity index (χ1) is 14.2. The van der Waals surface area contributed by atoms with Gasteiger partial charge in [0.05, 0.1) is 25.5 Å². The van der Waals surface area contributed by atoms with E-state index in [9.17, 15) is 4.79 Å². The van der Waals surface area contributed by atoms with E-state index < -0.39 is 0 Å². The Balaban J connectivity index is 1.34. The molecule has 150 valence electrons. The van der Waals surface area contributed by atoms with Crippen LogP contribution in [0.15, 0.2) is 59.1 Å². The molecule has 1 saturated heterocycles. The second-order valence-electron chi connectivity index (χ2n) is 6.87. The molecular formula is C22H23N3O4. The van der Waals surface area contributed by atoms with Crippen LogP contribution in [0.25, 0.3) is 0 Å². The summed E-state index contributed by atoms with van der Waals surface area (Å²) in [6.45, 7) is 2.90. The topological polar surface area (TPSA) is 76.8 Å². The molecule has 0 atom stereocenters. The summed E-state index contributed by atoms with van der Waals surface area (Å²) in [5, 5.41) is 2.79. The number of nitrogens with zero attached hydrogens (tertiary/aromatic N) is 2. The molecule has 2 aromatic heterocycles. The number of carbonyl (C=O) groups excluding carboxylic acids is 1. The lowest BCUT2D eigenvalue weighted by Crippen LogP contribution is -2.18. The van der Waals surface area contributed by atoms with Crippen LogP contribution in [0.4, 0.5) is 5.69 Å². The fraction of sp³-hybridized carbons (Fsp3) is 0.273. The first-order valence-corrected chi connectivity index (χ1v) is 9.60. The normalized spacial score (nSPS) is 14.0. The van der Waals surface area contributed by atoms with E-state index >= 15 is 0 Å². The van der Waals surface area contributed by atoms with Crippen molar-refractivity contribution >= 4 is 11.6 Å². The number of hydrogen-bond acceptors (Lipinski definition) is 6. The Morgan fingerprint density at radius 1 is 1.14 bits per heavy atom. The van der Waals surface area contributed by atoms with Gasteiger partial charge in [0.15, 0.2) is 5.76 Å². The van der Waals surface area contributed by atoms with Crippen LogP contribution in [0, 0.1) is 0 Å². The van der Waals surface area contributed by atoms with Crippen molar-refractivity contribution in [2.45, 2.75) is 19.4 Å². The SMILES string of the molecule is COc1cccc(Oc2ccc(NC(=O)c3ccc(CN4CCCC4)o3)cn2)c1. The van der Waals surface area contributed by atoms with E-state index in [1.54, 1.807) is 37.6 Å². The van der Waals surface area contributed by atoms with Crippen LogP contribution in [0.2, 0.25) is 0 Å². The molecule has 1 fully saturated rings. The van der Waals surface area contributed by atoms with Gasteiger partial charge in [0, 0.05) is 12.1 Å². The van der Waals surface area contributed by atoms with E-state index in [0.29, 0.717) is 23.1 Å². The van der Waals surface area contributed by atoms with Crippen molar-refractivity contribution in [1.29, 1.82) is 0 Å². The molecule has 1 aliphatic heterocycles. The summed E-state index contributed by atoms with van der Waals surface area (Å²) in [5.41, 5.74) is 0.561. The Bertz CT molecular complexity index is 962. The second-order valence-corrected chi connectivity index (χ2v) is 6.87. The fourth-order valence-corrected chi connectivity index (χ4v) is 3.24. The third-order valence-corrected chi connectivity index (χ3v) is 4.72. The Morgan fingerprint density at radius 2 is 1.97 bits per heavy atom. The highest BCUT2D eigenvalue weighted by Gasteiger charge is 2.16. The van der Waals surface area contributed by atoms with Crippen molar-refractivity contribution in [3.8, 4) is 17.4 Å². The molecule has 1 N–H and O–H groups in total. The van der Waals surface area contributed by atoms with Crippen LogP contribution in [-0.2, 0) is 6.54 Å². The smallest absolute Gasteiger partial charge is 0.291 e. The highest BCUT2D eigenvalue weighted by Crippen LogP contribution is 2.24. The minimum Gasteiger partial charge on any atom is -0.497 e. The largest absolute Gasteiger partial charge is 0.497 e. The number of carbonyl (C=O) groups is 1. The number of pyridine rings is 1. The molecule has 0 unspecified atom stereocenters. The zero-order valence-electron chi connectivity index (χ0n) is 16.3. The van der Waals surface area contributed by atoms with E-state index in [-0.39, 0.29) is 11.7 Å². The number of anilines is 1. The van der Waals surface area contributed by atoms with Crippen LogP contribution in [0.3, 0.4) is 0 Å². The highest BCUT2D eigenvalue weighted by atomic mass is 16.5. The summed E-state index contributed by atoms with van der Waals surface area (Å²) in [4.78, 5) is 19.0. The van der Waals surface area contributed by atoms with Crippen LogP contribution < -0.4 is 14.8 Å². The third kappa shape index (κ3) is 4.94. The number of aromatic nitrogens is 1. The van der Waals surface area contributed by atoms with E-state index in [1.807, 2.05) is 24.3 Å². The summed E-state index contributed by atoms with van der Waals surface area (Å²) in [5.74, 6) is 2.53. The molecule has 0 aliphatic carbocycles. The monoisotopic (exact) mass is 393 g/mol. The number of benzene rings is 1. The van der Waals surface area contributed by atoms with Gasteiger partial charge >= 0.3 is 0 Å². The number of amides is 1. The molecule has 0 bridgehead atoms. The summed E-state index contributed by atoms with van der Waals surface area (Å²) in [6.07, 6.45) is 3.98. The minimum atomic E-state index is -0.305. The van der Waals surface area contributed by atoms with Gasteiger partial charge in [-0.2, -0.15) is 0 Å². The van der Waals surface area contributed by atoms with Crippen LogP contribution in [0.5, 0.6) is 17.4 Å². The average Bonchev–Trinajstić information content (AvgIpc) is 3.42. The molecule has 1 amide bonds. The molecule has 4 rings (SSSR count). The lowest BCUT2D eigenvalue weighted by atomic mass is 10.3. The molecule has 7 heteroatoms. The summed E-state index contributed by atoms with van der Waals surface area (Å²) in [7, 11) is 1.60. The van der Waals surface area contributed by atoms with Gasteiger partial charge < -0.3 is 19.2 Å². The Kier molecular flexibility index (Phi) is 5.76. The molecule has 3 aromatic rings. The second kappa shape index (κ2) is 8.79. The maximum absolute atomic E-state index is 12.4. The molecule has 29 heavy (non-hydrogen) atoms. The zero-order valence-corrected chi connectivity index (χ0v) is 16.3. The van der Waals surface area contributed by atoms with E-state index in [1.165, 1.54) is 12.8 Å². The molecule has 0 saturated carbocycles. The van der Waals surface area contributed by atoms with Gasteiger partial charge in [-0.05, 0) is 56.3 Å². The number of furan rings is 1. The molecule has 7 nitrogen and oxygen atoms in total. The molecule has 0 spiro atoms. The van der Waals surface area contributed by atoms with Crippen molar-refractivity contribution in [1.82, 2.24) is 9.88 Å². The van der Waals surface area contributed by atoms with Crippen molar-refractivity contribution in [2.24, 2.45) is 0 Å². The van der Waals surface area contributed by atoms with Gasteiger partial charge in [-0.1, -0.05) is 6.07 Å². The van der Waals surface area contributed by atoms with Crippen LogP contribution >= 0.6 is 0 Å². The Morgan fingerprint density at radius 3 is 2.72 bits per heavy atom. The van der Waals surface area contributed by atoms with Gasteiger partial charge in [0.2, 0.25) is 5.88 Å². The third-order valence-electron chi connectivity index (χ3n) is 4.72. The van der Waals surface area contributed by atoms with Gasteiger partial charge in [-0.15, -0.1) is 0 Å². The average molecular weight is 393 g/mol. The first kappa shape index (κ1) is 19.0. The standard InChI is InChI=1S/C22H23N3O4/c1-27-17-5-4-6-18(13-17)29-21-10-7-16(14-23-21)24-22(26)20-9-8-19(28-20)15-25-11-2-3-12-25/h4-10,13-14H,2-3,11-12,15H2,1H3,(H,24,26). The lowest BCUT2D eigenvalue weighted by Gasteiger charge is -2.11. The van der Waals surface area contributed by atoms with Crippen molar-refractivity contribution in [3.05, 3.63) is 66.2 Å². The molecule has 1 aliphatic rings. The molecular weight excluding hydrogens is 370 g/mol. The van der Waals surface area contributed by atoms with Crippen molar-refractivity contribution < 1.29 is 18.7 Å². The van der Waals surface area contributed by atoms with Crippen LogP contribution in [0.1, 0.15) is 29.2 Å². The number of methoxy groups -OCH3 is 1. The minimum absolute atomic E-state index is 0.288. The number of rotatable bonds is 7. The first-order valence-electron chi connectivity index (χ1n) is 9.60. The quantitative estimate of drug-likeness (QED) is 0.644. The predicted molar refractivity (Wildman–Crippen MR) is 108 cm³/mol. The van der Waals surface area contributed by atoms with Gasteiger partial charge in [-0.3, -0.25) is 9.69 Å². The van der Waals surface area contributed by atoms with Gasteiger partial charge in [-0.25, -0.2) is 4.98 Å². The predicted octanol–water partition coefficient (Wildman–Crippen LogP) is 4.32. The summed E-state index contributed by atoms with van der Waals surface area (Å²) in [6, 6.07) is 14.2. The Hall–Kier alpha value is -3.32. The van der Waals surface area contributed by atoms with Gasteiger partial charge in [0.1, 0.15) is 17.3 Å². The highest BCUT2D eigenvalue weighted by molar-refractivity contribution is 6.02. The summed E-state index contributed by atoms with van der Waals surface area (Å²) >= 11 is 0. The lowest BCUT2D eigenvalue weighted by molar-refractivity contribution is 0.0993. The summed E-state index contributed by atoms with van der Waals surface area (Å²) < 4.78 is 16.6.